The molecule has 210 valence electrons. The number of rotatable bonds is 6. The molecule has 8 unspecified atom stereocenters. The maximum Gasteiger partial charge on any atom is 0.335 e. The summed E-state index contributed by atoms with van der Waals surface area (Å²) in [6, 6.07) is 7.57. The van der Waals surface area contributed by atoms with Gasteiger partial charge in [0.2, 0.25) is 0 Å². The summed E-state index contributed by atoms with van der Waals surface area (Å²) in [6.07, 6.45) is 11.2. The molecule has 0 radical (unpaired) electrons. The molecule has 0 saturated heterocycles. The zero-order valence-corrected chi connectivity index (χ0v) is 24.0. The molecule has 3 N–H and O–H groups in total. The van der Waals surface area contributed by atoms with Crippen LogP contribution in [0, 0.1) is 58.2 Å². The third kappa shape index (κ3) is 4.10. The highest BCUT2D eigenvalue weighted by molar-refractivity contribution is 5.87. The quantitative estimate of drug-likeness (QED) is 0.371. The summed E-state index contributed by atoms with van der Waals surface area (Å²) < 4.78 is 0. The summed E-state index contributed by atoms with van der Waals surface area (Å²) >= 11 is 0. The molecule has 5 aliphatic carbocycles. The van der Waals surface area contributed by atoms with Crippen molar-refractivity contribution in [2.45, 2.75) is 110 Å². The average molecular weight is 523 g/mol. The van der Waals surface area contributed by atoms with Crippen molar-refractivity contribution in [1.82, 2.24) is 0 Å². The van der Waals surface area contributed by atoms with Gasteiger partial charge in [-0.15, -0.1) is 0 Å². The number of carboxylic acid groups (broad SMARTS) is 1. The summed E-state index contributed by atoms with van der Waals surface area (Å²) in [7, 11) is 0. The van der Waals surface area contributed by atoms with Gasteiger partial charge in [0.05, 0.1) is 17.8 Å². The molecule has 13 atom stereocenters. The fraction of sp³-hybridized carbons (Fsp3) is 0.794. The van der Waals surface area contributed by atoms with Gasteiger partial charge in [-0.05, 0) is 140 Å². The molecule has 6 rings (SSSR count). The summed E-state index contributed by atoms with van der Waals surface area (Å²) in [5.74, 6) is 4.32. The van der Waals surface area contributed by atoms with E-state index in [0.717, 1.165) is 37.5 Å². The molecular formula is C34H50O4. The van der Waals surface area contributed by atoms with Gasteiger partial charge in [0.25, 0.3) is 0 Å². The molecule has 1 aromatic rings. The van der Waals surface area contributed by atoms with Gasteiger partial charge in [-0.25, -0.2) is 4.79 Å². The predicted octanol–water partition coefficient (Wildman–Crippen LogP) is 7.14. The van der Waals surface area contributed by atoms with Crippen LogP contribution in [0.5, 0.6) is 0 Å². The standard InChI is InChI=1S/C34H50O4/c1-5-24-29-18-23(35)12-14-34(29,4)28-13-15-33(3)26(10-11-27(33)30(28)31(24)36)19(2)16-22-17-25(22)20-6-8-21(9-7-20)32(37)38/h6-9,19,22-31,35-36H,5,10-18H2,1-4H3,(H,37,38)/t19-,22?,23-,24-,25?,26-,27?,28?,29?,30?,31-,33?,34?/m1/s1. The van der Waals surface area contributed by atoms with E-state index in [-0.39, 0.29) is 17.6 Å². The molecule has 1 aromatic carbocycles. The molecule has 38 heavy (non-hydrogen) atoms. The molecule has 5 fully saturated rings. The van der Waals surface area contributed by atoms with E-state index in [1.165, 1.54) is 44.1 Å². The molecule has 0 spiro atoms. The number of aliphatic hydroxyl groups is 2. The number of aromatic carboxylic acids is 1. The Morgan fingerprint density at radius 1 is 0.947 bits per heavy atom. The molecular weight excluding hydrogens is 472 g/mol. The van der Waals surface area contributed by atoms with Crippen LogP contribution in [0.1, 0.15) is 114 Å². The van der Waals surface area contributed by atoms with E-state index >= 15 is 0 Å². The normalized spacial score (nSPS) is 48.5. The van der Waals surface area contributed by atoms with Gasteiger partial charge in [0, 0.05) is 0 Å². The Kier molecular flexibility index (Phi) is 6.78. The maximum absolute atomic E-state index is 11.9. The lowest BCUT2D eigenvalue weighted by Crippen LogP contribution is -2.62. The van der Waals surface area contributed by atoms with Crippen LogP contribution in [0.3, 0.4) is 0 Å². The van der Waals surface area contributed by atoms with E-state index in [1.807, 2.05) is 12.1 Å². The van der Waals surface area contributed by atoms with E-state index in [1.54, 1.807) is 12.1 Å². The van der Waals surface area contributed by atoms with Crippen molar-refractivity contribution in [2.75, 3.05) is 0 Å². The fourth-order valence-corrected chi connectivity index (χ4v) is 11.4. The molecule has 0 heterocycles. The van der Waals surface area contributed by atoms with E-state index in [4.69, 9.17) is 0 Å². The lowest BCUT2D eigenvalue weighted by molar-refractivity contribution is -0.203. The summed E-state index contributed by atoms with van der Waals surface area (Å²) in [6.45, 7) is 9.88. The first kappa shape index (κ1) is 26.8. The number of hydrogen-bond acceptors (Lipinski definition) is 3. The Morgan fingerprint density at radius 3 is 2.32 bits per heavy atom. The van der Waals surface area contributed by atoms with Gasteiger partial charge in [0.15, 0.2) is 0 Å². The molecule has 0 aliphatic heterocycles. The van der Waals surface area contributed by atoms with E-state index in [2.05, 4.69) is 27.7 Å². The van der Waals surface area contributed by atoms with Crippen molar-refractivity contribution in [1.29, 1.82) is 0 Å². The van der Waals surface area contributed by atoms with E-state index in [9.17, 15) is 20.1 Å². The fourth-order valence-electron chi connectivity index (χ4n) is 11.4. The van der Waals surface area contributed by atoms with Gasteiger partial charge >= 0.3 is 5.97 Å². The van der Waals surface area contributed by atoms with Crippen LogP contribution in [0.25, 0.3) is 0 Å². The molecule has 5 aliphatic rings. The second-order valence-corrected chi connectivity index (χ2v) is 14.9. The van der Waals surface area contributed by atoms with E-state index < -0.39 is 5.97 Å². The number of carbonyl (C=O) groups is 1. The van der Waals surface area contributed by atoms with Crippen LogP contribution in [-0.4, -0.2) is 33.5 Å². The van der Waals surface area contributed by atoms with Crippen molar-refractivity contribution in [2.24, 2.45) is 58.2 Å². The highest BCUT2D eigenvalue weighted by atomic mass is 16.4. The largest absolute Gasteiger partial charge is 0.478 e. The lowest BCUT2D eigenvalue weighted by atomic mass is 9.41. The Bertz CT molecular complexity index is 1040. The van der Waals surface area contributed by atoms with Gasteiger partial charge in [-0.3, -0.25) is 0 Å². The van der Waals surface area contributed by atoms with Crippen molar-refractivity contribution < 1.29 is 20.1 Å². The highest BCUT2D eigenvalue weighted by Gasteiger charge is 2.65. The monoisotopic (exact) mass is 522 g/mol. The van der Waals surface area contributed by atoms with Crippen molar-refractivity contribution in [3.05, 3.63) is 35.4 Å². The summed E-state index contributed by atoms with van der Waals surface area (Å²) in [5.41, 5.74) is 2.27. The highest BCUT2D eigenvalue weighted by Crippen LogP contribution is 2.70. The molecule has 4 nitrogen and oxygen atoms in total. The zero-order valence-electron chi connectivity index (χ0n) is 24.0. The zero-order chi connectivity index (χ0) is 27.0. The van der Waals surface area contributed by atoms with Crippen LogP contribution in [0.15, 0.2) is 24.3 Å². The predicted molar refractivity (Wildman–Crippen MR) is 150 cm³/mol. The smallest absolute Gasteiger partial charge is 0.335 e. The molecule has 0 amide bonds. The molecule has 4 heteroatoms. The number of hydrogen-bond donors (Lipinski definition) is 3. The number of fused-ring (bicyclic) bond motifs is 5. The van der Waals surface area contributed by atoms with Crippen LogP contribution in [0.2, 0.25) is 0 Å². The Labute approximate surface area is 229 Å². The first-order chi connectivity index (χ1) is 18.1. The Balaban J connectivity index is 1.17. The van der Waals surface area contributed by atoms with Crippen LogP contribution >= 0.6 is 0 Å². The minimum absolute atomic E-state index is 0.183. The van der Waals surface area contributed by atoms with E-state index in [0.29, 0.717) is 52.4 Å². The van der Waals surface area contributed by atoms with Gasteiger partial charge < -0.3 is 15.3 Å². The van der Waals surface area contributed by atoms with Gasteiger partial charge in [0.1, 0.15) is 0 Å². The number of carboxylic acids is 1. The third-order valence-electron chi connectivity index (χ3n) is 13.3. The lowest BCUT2D eigenvalue weighted by Gasteiger charge is -2.64. The Hall–Kier alpha value is -1.39. The minimum Gasteiger partial charge on any atom is -0.478 e. The average Bonchev–Trinajstić information content (AvgIpc) is 3.56. The second-order valence-electron chi connectivity index (χ2n) is 14.9. The SMILES string of the molecule is CC[C@@H]1C2C[C@H](O)CCC2(C)C2CCC3(C)C(CC[C@@H]3[C@H](C)CC3CC3c3ccc(C(=O)O)cc3)C2[C@@H]1O. The second kappa shape index (κ2) is 9.61. The summed E-state index contributed by atoms with van der Waals surface area (Å²) in [4.78, 5) is 11.2. The van der Waals surface area contributed by atoms with Crippen LogP contribution in [-0.2, 0) is 0 Å². The number of aliphatic hydroxyl groups excluding tert-OH is 2. The molecule has 0 aromatic heterocycles. The first-order valence-corrected chi connectivity index (χ1v) is 15.8. The Morgan fingerprint density at radius 2 is 1.63 bits per heavy atom. The summed E-state index contributed by atoms with van der Waals surface area (Å²) in [5, 5.41) is 31.7. The van der Waals surface area contributed by atoms with Gasteiger partial charge in [-0.1, -0.05) is 46.2 Å². The van der Waals surface area contributed by atoms with Crippen molar-refractivity contribution in [3.8, 4) is 0 Å². The van der Waals surface area contributed by atoms with Crippen LogP contribution in [0.4, 0.5) is 0 Å². The minimum atomic E-state index is -0.852. The van der Waals surface area contributed by atoms with Crippen molar-refractivity contribution in [3.63, 3.8) is 0 Å². The topological polar surface area (TPSA) is 77.8 Å². The van der Waals surface area contributed by atoms with Gasteiger partial charge in [-0.2, -0.15) is 0 Å². The molecule has 0 bridgehead atoms. The molecule has 5 saturated carbocycles. The number of benzene rings is 1. The third-order valence-corrected chi connectivity index (χ3v) is 13.3. The first-order valence-electron chi connectivity index (χ1n) is 15.8. The maximum atomic E-state index is 11.9. The van der Waals surface area contributed by atoms with Crippen molar-refractivity contribution >= 4 is 5.97 Å². The van der Waals surface area contributed by atoms with Crippen LogP contribution < -0.4 is 0 Å².